The normalized spacial score (nSPS) is 10.4. The molecule has 0 amide bonds. The first-order chi connectivity index (χ1) is 6.81. The van der Waals surface area contributed by atoms with Gasteiger partial charge >= 0.3 is 0 Å². The Labute approximate surface area is 84.9 Å². The highest BCUT2D eigenvalue weighted by atomic mass is 32.1. The fourth-order valence-electron chi connectivity index (χ4n) is 1.13. The van der Waals surface area contributed by atoms with Crippen LogP contribution >= 0.6 is 11.5 Å². The van der Waals surface area contributed by atoms with Crippen LogP contribution in [0.1, 0.15) is 11.4 Å². The molecule has 0 fully saturated rings. The van der Waals surface area contributed by atoms with E-state index >= 15 is 0 Å². The van der Waals surface area contributed by atoms with E-state index in [2.05, 4.69) is 20.1 Å². The van der Waals surface area contributed by atoms with Gasteiger partial charge in [0.1, 0.15) is 10.7 Å². The molecule has 2 aromatic rings. The number of rotatable bonds is 3. The molecule has 2 heterocycles. The van der Waals surface area contributed by atoms with Crippen LogP contribution in [0.5, 0.6) is 0 Å². The lowest BCUT2D eigenvalue weighted by Crippen LogP contribution is -2.10. The molecule has 0 aliphatic rings. The van der Waals surface area contributed by atoms with Crippen LogP contribution in [-0.4, -0.2) is 19.4 Å². The average Bonchev–Trinajstić information content (AvgIpc) is 2.77. The molecule has 0 bridgehead atoms. The van der Waals surface area contributed by atoms with E-state index in [4.69, 9.17) is 5.84 Å². The highest BCUT2D eigenvalue weighted by Gasteiger charge is 2.08. The highest BCUT2D eigenvalue weighted by Crippen LogP contribution is 2.17. The summed E-state index contributed by atoms with van der Waals surface area (Å²) in [5.41, 5.74) is 4.45. The first-order valence-electron chi connectivity index (χ1n) is 4.07. The van der Waals surface area contributed by atoms with Crippen molar-refractivity contribution in [1.29, 1.82) is 0 Å². The SMILES string of the molecule is Cc1ccnn1Cc1nnsc1NN. The predicted molar refractivity (Wildman–Crippen MR) is 53.8 cm³/mol. The van der Waals surface area contributed by atoms with E-state index in [-0.39, 0.29) is 0 Å². The van der Waals surface area contributed by atoms with Crippen LogP contribution in [0.3, 0.4) is 0 Å². The molecule has 0 aliphatic heterocycles. The minimum absolute atomic E-state index is 0.592. The first kappa shape index (κ1) is 9.10. The van der Waals surface area contributed by atoms with Gasteiger partial charge in [-0.25, -0.2) is 5.84 Å². The average molecular weight is 210 g/mol. The number of anilines is 1. The quantitative estimate of drug-likeness (QED) is 0.565. The van der Waals surface area contributed by atoms with Gasteiger partial charge in [-0.15, -0.1) is 5.10 Å². The van der Waals surface area contributed by atoms with E-state index in [0.29, 0.717) is 6.54 Å². The number of hydrogen-bond acceptors (Lipinski definition) is 6. The van der Waals surface area contributed by atoms with Gasteiger partial charge in [-0.05, 0) is 13.0 Å². The number of aromatic nitrogens is 4. The molecule has 6 nitrogen and oxygen atoms in total. The number of nitrogens with zero attached hydrogens (tertiary/aromatic N) is 4. The smallest absolute Gasteiger partial charge is 0.149 e. The second-order valence-corrected chi connectivity index (χ2v) is 3.58. The zero-order valence-electron chi connectivity index (χ0n) is 7.64. The van der Waals surface area contributed by atoms with Crippen LogP contribution in [0, 0.1) is 6.92 Å². The largest absolute Gasteiger partial charge is 0.313 e. The lowest BCUT2D eigenvalue weighted by Gasteiger charge is -2.02. The van der Waals surface area contributed by atoms with Crippen molar-refractivity contribution < 1.29 is 0 Å². The van der Waals surface area contributed by atoms with E-state index in [1.54, 1.807) is 6.20 Å². The summed E-state index contributed by atoms with van der Waals surface area (Å²) >= 11 is 1.24. The second kappa shape index (κ2) is 3.72. The molecular formula is C7H10N6S. The fraction of sp³-hybridized carbons (Fsp3) is 0.286. The van der Waals surface area contributed by atoms with Gasteiger partial charge < -0.3 is 5.43 Å². The number of nitrogens with one attached hydrogen (secondary N) is 1. The molecule has 0 radical (unpaired) electrons. The van der Waals surface area contributed by atoms with Gasteiger partial charge in [0.15, 0.2) is 0 Å². The third kappa shape index (κ3) is 1.59. The second-order valence-electron chi connectivity index (χ2n) is 2.82. The third-order valence-electron chi connectivity index (χ3n) is 1.92. The van der Waals surface area contributed by atoms with Crippen molar-refractivity contribution in [2.24, 2.45) is 5.84 Å². The van der Waals surface area contributed by atoms with E-state index in [9.17, 15) is 0 Å². The molecule has 0 atom stereocenters. The number of hydrogen-bond donors (Lipinski definition) is 2. The number of hydrazine groups is 1. The summed E-state index contributed by atoms with van der Waals surface area (Å²) in [4.78, 5) is 0. The molecule has 2 rings (SSSR count). The summed E-state index contributed by atoms with van der Waals surface area (Å²) in [6.07, 6.45) is 1.75. The fourth-order valence-corrected chi connectivity index (χ4v) is 1.61. The molecular weight excluding hydrogens is 200 g/mol. The molecule has 0 saturated heterocycles. The molecule has 2 aromatic heterocycles. The molecule has 0 saturated carbocycles. The summed E-state index contributed by atoms with van der Waals surface area (Å²) in [6.45, 7) is 2.58. The maximum absolute atomic E-state index is 5.31. The van der Waals surface area contributed by atoms with Crippen LogP contribution in [0.25, 0.3) is 0 Å². The lowest BCUT2D eigenvalue weighted by atomic mass is 10.4. The van der Waals surface area contributed by atoms with Crippen molar-refractivity contribution in [3.05, 3.63) is 23.7 Å². The van der Waals surface area contributed by atoms with Crippen LogP contribution in [0.15, 0.2) is 12.3 Å². The van der Waals surface area contributed by atoms with Gasteiger partial charge in [0, 0.05) is 23.4 Å². The Hall–Kier alpha value is -1.47. The summed E-state index contributed by atoms with van der Waals surface area (Å²) < 4.78 is 5.66. The van der Waals surface area contributed by atoms with Gasteiger partial charge in [-0.1, -0.05) is 4.49 Å². The van der Waals surface area contributed by atoms with Crippen molar-refractivity contribution in [1.82, 2.24) is 19.4 Å². The Kier molecular flexibility index (Phi) is 2.42. The topological polar surface area (TPSA) is 81.7 Å². The summed E-state index contributed by atoms with van der Waals surface area (Å²) in [7, 11) is 0. The maximum atomic E-state index is 5.31. The van der Waals surface area contributed by atoms with Crippen molar-refractivity contribution in [3.8, 4) is 0 Å². The Morgan fingerprint density at radius 2 is 2.50 bits per heavy atom. The molecule has 0 aliphatic carbocycles. The molecule has 0 unspecified atom stereocenters. The molecule has 74 valence electrons. The summed E-state index contributed by atoms with van der Waals surface area (Å²) in [6, 6.07) is 1.94. The van der Waals surface area contributed by atoms with Crippen LogP contribution < -0.4 is 11.3 Å². The maximum Gasteiger partial charge on any atom is 0.149 e. The Bertz CT molecular complexity index is 419. The van der Waals surface area contributed by atoms with Gasteiger partial charge in [-0.3, -0.25) is 4.68 Å². The van der Waals surface area contributed by atoms with Gasteiger partial charge in [0.25, 0.3) is 0 Å². The van der Waals surface area contributed by atoms with Gasteiger partial charge in [0.2, 0.25) is 0 Å². The van der Waals surface area contributed by atoms with Crippen molar-refractivity contribution in [2.45, 2.75) is 13.5 Å². The minimum atomic E-state index is 0.592. The van der Waals surface area contributed by atoms with Crippen molar-refractivity contribution in [2.75, 3.05) is 5.43 Å². The highest BCUT2D eigenvalue weighted by molar-refractivity contribution is 7.10. The zero-order valence-corrected chi connectivity index (χ0v) is 8.45. The van der Waals surface area contributed by atoms with E-state index in [1.807, 2.05) is 17.7 Å². The molecule has 0 spiro atoms. The molecule has 0 aromatic carbocycles. The van der Waals surface area contributed by atoms with Crippen LogP contribution in [0.2, 0.25) is 0 Å². The lowest BCUT2D eigenvalue weighted by molar-refractivity contribution is 0.651. The Balaban J connectivity index is 2.22. The van der Waals surface area contributed by atoms with Crippen LogP contribution in [0.4, 0.5) is 5.00 Å². The predicted octanol–water partition coefficient (Wildman–Crippen LogP) is 0.377. The summed E-state index contributed by atoms with van der Waals surface area (Å²) in [5.74, 6) is 5.31. The third-order valence-corrected chi connectivity index (χ3v) is 2.61. The number of nitrogens with two attached hydrogens (primary N) is 1. The van der Waals surface area contributed by atoms with Crippen molar-refractivity contribution in [3.63, 3.8) is 0 Å². The summed E-state index contributed by atoms with van der Waals surface area (Å²) in [5, 5.41) is 8.90. The standard InChI is InChI=1S/C7H10N6S/c1-5-2-3-9-13(5)4-6-7(10-8)14-12-11-6/h2-3,10H,4,8H2,1H3. The molecule has 14 heavy (non-hydrogen) atoms. The number of nitrogen functional groups attached to an aromatic ring is 1. The minimum Gasteiger partial charge on any atom is -0.313 e. The Morgan fingerprint density at radius 3 is 3.14 bits per heavy atom. The van der Waals surface area contributed by atoms with E-state index in [1.165, 1.54) is 11.5 Å². The van der Waals surface area contributed by atoms with E-state index in [0.717, 1.165) is 16.4 Å². The Morgan fingerprint density at radius 1 is 1.64 bits per heavy atom. The molecule has 3 N–H and O–H groups in total. The first-order valence-corrected chi connectivity index (χ1v) is 4.85. The molecule has 7 heteroatoms. The monoisotopic (exact) mass is 210 g/mol. The van der Waals surface area contributed by atoms with Gasteiger partial charge in [0.05, 0.1) is 6.54 Å². The van der Waals surface area contributed by atoms with Crippen molar-refractivity contribution >= 4 is 16.5 Å². The van der Waals surface area contributed by atoms with E-state index < -0.39 is 0 Å². The van der Waals surface area contributed by atoms with Crippen LogP contribution in [-0.2, 0) is 6.54 Å². The van der Waals surface area contributed by atoms with Gasteiger partial charge in [-0.2, -0.15) is 5.10 Å². The number of aryl methyl sites for hydroxylation is 1. The zero-order chi connectivity index (χ0) is 9.97.